The van der Waals surface area contributed by atoms with Crippen molar-refractivity contribution in [2.24, 2.45) is 17.8 Å². The van der Waals surface area contributed by atoms with E-state index in [-0.39, 0.29) is 0 Å². The Kier molecular flexibility index (Phi) is 2.00. The van der Waals surface area contributed by atoms with Crippen molar-refractivity contribution in [2.45, 2.75) is 44.8 Å². The maximum absolute atomic E-state index is 2.81. The fourth-order valence-electron chi connectivity index (χ4n) is 4.76. The van der Waals surface area contributed by atoms with Crippen LogP contribution >= 0.6 is 0 Å². The summed E-state index contributed by atoms with van der Waals surface area (Å²) in [4.78, 5) is 2.81. The predicted molar refractivity (Wildman–Crippen MR) is 69.7 cm³/mol. The van der Waals surface area contributed by atoms with E-state index in [1.165, 1.54) is 18.4 Å². The fraction of sp³-hybridized carbons (Fsp3) is 0.625. The zero-order chi connectivity index (χ0) is 11.6. The molecule has 1 saturated heterocycles. The summed E-state index contributed by atoms with van der Waals surface area (Å²) >= 11 is 0. The first kappa shape index (κ1) is 10.1. The molecule has 3 fully saturated rings. The van der Waals surface area contributed by atoms with E-state index in [0.717, 1.165) is 29.8 Å². The summed E-state index contributed by atoms with van der Waals surface area (Å²) in [6.07, 6.45) is 3.01. The quantitative estimate of drug-likeness (QED) is 0.747. The lowest BCUT2D eigenvalue weighted by Gasteiger charge is -2.38. The minimum atomic E-state index is 0.600. The molecule has 0 radical (unpaired) electrons. The molecule has 4 rings (SSSR count). The summed E-state index contributed by atoms with van der Waals surface area (Å²) in [7, 11) is 0. The van der Waals surface area contributed by atoms with Crippen LogP contribution in [-0.4, -0.2) is 17.0 Å². The molecule has 1 aromatic carbocycles. The smallest absolute Gasteiger partial charge is 0.0325 e. The highest BCUT2D eigenvalue weighted by Crippen LogP contribution is 2.64. The highest BCUT2D eigenvalue weighted by atomic mass is 15.3. The number of rotatable bonds is 2. The summed E-state index contributed by atoms with van der Waals surface area (Å²) in [6, 6.07) is 13.3. The van der Waals surface area contributed by atoms with Gasteiger partial charge in [0.25, 0.3) is 0 Å². The van der Waals surface area contributed by atoms with Crippen molar-refractivity contribution in [3.05, 3.63) is 35.9 Å². The van der Waals surface area contributed by atoms with Crippen LogP contribution in [-0.2, 0) is 0 Å². The molecular weight excluding hydrogens is 206 g/mol. The Bertz CT molecular complexity index is 426. The molecule has 90 valence electrons. The lowest BCUT2D eigenvalue weighted by Crippen LogP contribution is -2.42. The summed E-state index contributed by atoms with van der Waals surface area (Å²) in [5, 5.41) is 0. The third-order valence-corrected chi connectivity index (χ3v) is 5.65. The third kappa shape index (κ3) is 1.29. The lowest BCUT2D eigenvalue weighted by molar-refractivity contribution is 0.0977. The third-order valence-electron chi connectivity index (χ3n) is 5.65. The topological polar surface area (TPSA) is 3.24 Å². The minimum Gasteiger partial charge on any atom is -0.290 e. The van der Waals surface area contributed by atoms with Gasteiger partial charge in [-0.15, -0.1) is 0 Å². The first-order valence-corrected chi connectivity index (χ1v) is 7.09. The molecule has 6 atom stereocenters. The van der Waals surface area contributed by atoms with Crippen LogP contribution in [0.25, 0.3) is 0 Å². The van der Waals surface area contributed by atoms with Gasteiger partial charge in [0.1, 0.15) is 0 Å². The summed E-state index contributed by atoms with van der Waals surface area (Å²) in [5.74, 6) is 3.17. The normalized spacial score (nSPS) is 44.7. The van der Waals surface area contributed by atoms with Crippen molar-refractivity contribution in [2.75, 3.05) is 0 Å². The van der Waals surface area contributed by atoms with E-state index in [1.54, 1.807) is 0 Å². The number of nitrogens with zero attached hydrogens (tertiary/aromatic N) is 1. The van der Waals surface area contributed by atoms with Gasteiger partial charge in [-0.25, -0.2) is 0 Å². The second-order valence-corrected chi connectivity index (χ2v) is 6.30. The Morgan fingerprint density at radius 2 is 1.82 bits per heavy atom. The number of benzene rings is 1. The molecule has 3 aliphatic rings. The van der Waals surface area contributed by atoms with Crippen molar-refractivity contribution < 1.29 is 0 Å². The average molecular weight is 227 g/mol. The van der Waals surface area contributed by atoms with Gasteiger partial charge in [0.05, 0.1) is 0 Å². The van der Waals surface area contributed by atoms with E-state index in [4.69, 9.17) is 0 Å². The maximum atomic E-state index is 2.81. The highest BCUT2D eigenvalue weighted by molar-refractivity contribution is 5.23. The van der Waals surface area contributed by atoms with E-state index in [9.17, 15) is 0 Å². The monoisotopic (exact) mass is 227 g/mol. The molecule has 17 heavy (non-hydrogen) atoms. The number of hydrogen-bond donors (Lipinski definition) is 0. The molecule has 2 bridgehead atoms. The molecule has 2 aliphatic carbocycles. The van der Waals surface area contributed by atoms with Crippen LogP contribution in [0.15, 0.2) is 30.3 Å². The minimum absolute atomic E-state index is 0.600. The standard InChI is InChI=1S/C16H21N/c1-10(12-6-4-3-5-7-12)17-11(2)13-9-16(17)15-8-14(13)15/h3-7,10-11,13-16H,8-9H2,1-2H3/t10-,11-,13+,14+,15+,16+/m0/s1. The predicted octanol–water partition coefficient (Wildman–Crippen LogP) is 3.48. The molecule has 1 aliphatic heterocycles. The Hall–Kier alpha value is -0.820. The molecule has 0 aromatic heterocycles. The first-order chi connectivity index (χ1) is 8.27. The Morgan fingerprint density at radius 3 is 2.53 bits per heavy atom. The molecule has 2 saturated carbocycles. The van der Waals surface area contributed by atoms with Crippen LogP contribution in [0.3, 0.4) is 0 Å². The molecule has 1 nitrogen and oxygen atoms in total. The molecule has 0 amide bonds. The SMILES string of the molecule is C[C@@H](c1ccccc1)N1[C@@H]2C[C@@H]([C@H]3C[C@H]32)[C@@H]1C. The second-order valence-electron chi connectivity index (χ2n) is 6.30. The molecule has 1 aromatic rings. The number of fused-ring (bicyclic) bond motifs is 5. The number of likely N-dealkylation sites (tertiary alicyclic amines) is 1. The van der Waals surface area contributed by atoms with Crippen LogP contribution in [0.2, 0.25) is 0 Å². The van der Waals surface area contributed by atoms with Gasteiger partial charge in [0.15, 0.2) is 0 Å². The zero-order valence-electron chi connectivity index (χ0n) is 10.7. The van der Waals surface area contributed by atoms with Crippen molar-refractivity contribution in [3.8, 4) is 0 Å². The van der Waals surface area contributed by atoms with Crippen LogP contribution in [0.4, 0.5) is 0 Å². The number of piperidine rings is 1. The zero-order valence-corrected chi connectivity index (χ0v) is 10.7. The van der Waals surface area contributed by atoms with Crippen molar-refractivity contribution in [3.63, 3.8) is 0 Å². The molecule has 1 heteroatoms. The Balaban J connectivity index is 1.63. The van der Waals surface area contributed by atoms with Gasteiger partial charge in [-0.3, -0.25) is 4.90 Å². The van der Waals surface area contributed by atoms with Crippen molar-refractivity contribution >= 4 is 0 Å². The lowest BCUT2D eigenvalue weighted by atomic mass is 9.96. The van der Waals surface area contributed by atoms with Crippen LogP contribution in [0, 0.1) is 17.8 Å². The molecule has 1 heterocycles. The van der Waals surface area contributed by atoms with Crippen LogP contribution in [0.5, 0.6) is 0 Å². The summed E-state index contributed by atoms with van der Waals surface area (Å²) in [6.45, 7) is 4.85. The van der Waals surface area contributed by atoms with Crippen molar-refractivity contribution in [1.82, 2.24) is 4.90 Å². The average Bonchev–Trinajstić information content (AvgIpc) is 3.00. The Labute approximate surface area is 104 Å². The molecule has 0 spiro atoms. The van der Waals surface area contributed by atoms with Crippen LogP contribution < -0.4 is 0 Å². The van der Waals surface area contributed by atoms with E-state index in [1.807, 2.05) is 0 Å². The van der Waals surface area contributed by atoms with Crippen molar-refractivity contribution in [1.29, 1.82) is 0 Å². The fourth-order valence-corrected chi connectivity index (χ4v) is 4.76. The van der Waals surface area contributed by atoms with E-state index >= 15 is 0 Å². The van der Waals surface area contributed by atoms with Gasteiger partial charge in [0, 0.05) is 18.1 Å². The highest BCUT2D eigenvalue weighted by Gasteiger charge is 2.63. The summed E-state index contributed by atoms with van der Waals surface area (Å²) in [5.41, 5.74) is 1.49. The van der Waals surface area contributed by atoms with Gasteiger partial charge >= 0.3 is 0 Å². The second kappa shape index (κ2) is 3.35. The van der Waals surface area contributed by atoms with E-state index in [2.05, 4.69) is 49.1 Å². The number of hydrogen-bond acceptors (Lipinski definition) is 1. The van der Waals surface area contributed by atoms with Gasteiger partial charge in [-0.2, -0.15) is 0 Å². The summed E-state index contributed by atoms with van der Waals surface area (Å²) < 4.78 is 0. The molecular formula is C16H21N. The molecule has 0 N–H and O–H groups in total. The van der Waals surface area contributed by atoms with Gasteiger partial charge in [0.2, 0.25) is 0 Å². The van der Waals surface area contributed by atoms with E-state index < -0.39 is 0 Å². The maximum Gasteiger partial charge on any atom is 0.0325 e. The Morgan fingerprint density at radius 1 is 1.06 bits per heavy atom. The van der Waals surface area contributed by atoms with Gasteiger partial charge in [-0.05, 0) is 50.0 Å². The van der Waals surface area contributed by atoms with Gasteiger partial charge < -0.3 is 0 Å². The van der Waals surface area contributed by atoms with Crippen LogP contribution in [0.1, 0.15) is 38.3 Å². The largest absolute Gasteiger partial charge is 0.290 e. The molecule has 0 unspecified atom stereocenters. The van der Waals surface area contributed by atoms with Gasteiger partial charge in [-0.1, -0.05) is 30.3 Å². The first-order valence-electron chi connectivity index (χ1n) is 7.09. The van der Waals surface area contributed by atoms with E-state index in [0.29, 0.717) is 6.04 Å².